The molecule has 2 aromatic rings. The fourth-order valence-electron chi connectivity index (χ4n) is 2.21. The first-order valence-electron chi connectivity index (χ1n) is 6.78. The zero-order valence-electron chi connectivity index (χ0n) is 11.5. The molecule has 0 saturated heterocycles. The van der Waals surface area contributed by atoms with Crippen LogP contribution in [-0.4, -0.2) is 11.0 Å². The fraction of sp³-hybridized carbons (Fsp3) is 0.250. The molecule has 0 spiro atoms. The van der Waals surface area contributed by atoms with E-state index in [1.54, 1.807) is 18.2 Å². The molecule has 110 valence electrons. The Labute approximate surface area is 122 Å². The lowest BCUT2D eigenvalue weighted by Crippen LogP contribution is -2.23. The zero-order chi connectivity index (χ0) is 15.2. The molecule has 2 aromatic carbocycles. The molecule has 0 saturated carbocycles. The Kier molecular flexibility index (Phi) is 5.00. The highest BCUT2D eigenvalue weighted by Gasteiger charge is 2.07. The van der Waals surface area contributed by atoms with Gasteiger partial charge in [0.05, 0.1) is 4.92 Å². The van der Waals surface area contributed by atoms with Gasteiger partial charge in [-0.25, -0.2) is 4.39 Å². The number of benzene rings is 2. The molecule has 0 aliphatic heterocycles. The molecule has 2 rings (SSSR count). The summed E-state index contributed by atoms with van der Waals surface area (Å²) < 4.78 is 13.1. The molecule has 0 aromatic heterocycles. The Balaban J connectivity index is 1.86. The highest BCUT2D eigenvalue weighted by molar-refractivity contribution is 5.32. The smallest absolute Gasteiger partial charge is 0.269 e. The normalized spacial score (nSPS) is 12.1. The summed E-state index contributed by atoms with van der Waals surface area (Å²) in [5, 5.41) is 10.6. The SMILES string of the molecule is NC(CCc1ccc([N+](=O)[O-])cc1)Cc1cccc(F)c1. The Hall–Kier alpha value is -2.27. The summed E-state index contributed by atoms with van der Waals surface area (Å²) in [6.07, 6.45) is 2.10. The third-order valence-electron chi connectivity index (χ3n) is 3.34. The van der Waals surface area contributed by atoms with Crippen LogP contribution in [0.15, 0.2) is 48.5 Å². The first-order valence-corrected chi connectivity index (χ1v) is 6.78. The van der Waals surface area contributed by atoms with E-state index in [1.165, 1.54) is 24.3 Å². The van der Waals surface area contributed by atoms with Crippen molar-refractivity contribution in [1.29, 1.82) is 0 Å². The van der Waals surface area contributed by atoms with Crippen molar-refractivity contribution >= 4 is 5.69 Å². The van der Waals surface area contributed by atoms with Crippen LogP contribution in [0.5, 0.6) is 0 Å². The number of hydrogen-bond donors (Lipinski definition) is 1. The number of halogens is 1. The molecular formula is C16H17FN2O2. The molecule has 4 nitrogen and oxygen atoms in total. The van der Waals surface area contributed by atoms with Crippen LogP contribution in [0.1, 0.15) is 17.5 Å². The van der Waals surface area contributed by atoms with Gasteiger partial charge in [0.1, 0.15) is 5.82 Å². The van der Waals surface area contributed by atoms with Crippen molar-refractivity contribution in [2.75, 3.05) is 0 Å². The van der Waals surface area contributed by atoms with Crippen molar-refractivity contribution < 1.29 is 9.31 Å². The Bertz CT molecular complexity index is 614. The minimum absolute atomic E-state index is 0.0676. The summed E-state index contributed by atoms with van der Waals surface area (Å²) in [7, 11) is 0. The van der Waals surface area contributed by atoms with Crippen molar-refractivity contribution in [2.24, 2.45) is 5.73 Å². The predicted octanol–water partition coefficient (Wildman–Crippen LogP) is 3.24. The number of non-ortho nitro benzene ring substituents is 1. The van der Waals surface area contributed by atoms with Gasteiger partial charge in [-0.1, -0.05) is 24.3 Å². The van der Waals surface area contributed by atoms with E-state index >= 15 is 0 Å². The van der Waals surface area contributed by atoms with E-state index in [9.17, 15) is 14.5 Å². The van der Waals surface area contributed by atoms with Crippen molar-refractivity contribution in [3.8, 4) is 0 Å². The van der Waals surface area contributed by atoms with Crippen molar-refractivity contribution in [3.05, 3.63) is 75.6 Å². The molecule has 1 atom stereocenters. The standard InChI is InChI=1S/C16H17FN2O2/c17-14-3-1-2-13(10-14)11-15(18)7-4-12-5-8-16(9-6-12)19(20)21/h1-3,5-6,8-10,15H,4,7,11,18H2. The molecule has 0 amide bonds. The van der Waals surface area contributed by atoms with Crippen LogP contribution in [0.4, 0.5) is 10.1 Å². The molecule has 0 fully saturated rings. The molecule has 0 aliphatic rings. The maximum Gasteiger partial charge on any atom is 0.269 e. The van der Waals surface area contributed by atoms with Crippen molar-refractivity contribution in [3.63, 3.8) is 0 Å². The topological polar surface area (TPSA) is 69.2 Å². The van der Waals surface area contributed by atoms with Crippen LogP contribution in [0, 0.1) is 15.9 Å². The monoisotopic (exact) mass is 288 g/mol. The van der Waals surface area contributed by atoms with Gasteiger partial charge in [0.25, 0.3) is 5.69 Å². The average Bonchev–Trinajstić information content (AvgIpc) is 2.45. The second-order valence-corrected chi connectivity index (χ2v) is 5.06. The van der Waals surface area contributed by atoms with Crippen LogP contribution >= 0.6 is 0 Å². The predicted molar refractivity (Wildman–Crippen MR) is 79.5 cm³/mol. The molecule has 2 N–H and O–H groups in total. The minimum atomic E-state index is -0.417. The lowest BCUT2D eigenvalue weighted by atomic mass is 9.99. The number of hydrogen-bond acceptors (Lipinski definition) is 3. The van der Waals surface area contributed by atoms with E-state index in [-0.39, 0.29) is 17.5 Å². The summed E-state index contributed by atoms with van der Waals surface area (Å²) in [6, 6.07) is 12.8. The molecular weight excluding hydrogens is 271 g/mol. The lowest BCUT2D eigenvalue weighted by molar-refractivity contribution is -0.384. The lowest BCUT2D eigenvalue weighted by Gasteiger charge is -2.11. The number of nitrogens with two attached hydrogens (primary N) is 1. The van der Waals surface area contributed by atoms with E-state index in [1.807, 2.05) is 6.07 Å². The van der Waals surface area contributed by atoms with Crippen LogP contribution in [-0.2, 0) is 12.8 Å². The molecule has 21 heavy (non-hydrogen) atoms. The molecule has 0 heterocycles. The average molecular weight is 288 g/mol. The van der Waals surface area contributed by atoms with Gasteiger partial charge in [0, 0.05) is 18.2 Å². The number of nitro benzene ring substituents is 1. The maximum atomic E-state index is 13.1. The first-order chi connectivity index (χ1) is 10.0. The van der Waals surface area contributed by atoms with Crippen molar-refractivity contribution in [2.45, 2.75) is 25.3 Å². The summed E-state index contributed by atoms with van der Waals surface area (Å²) in [6.45, 7) is 0. The van der Waals surface area contributed by atoms with E-state index < -0.39 is 4.92 Å². The van der Waals surface area contributed by atoms with Gasteiger partial charge in [-0.15, -0.1) is 0 Å². The Morgan fingerprint density at radius 1 is 1.14 bits per heavy atom. The summed E-state index contributed by atoms with van der Waals surface area (Å²) in [4.78, 5) is 10.1. The van der Waals surface area contributed by atoms with E-state index in [0.29, 0.717) is 6.42 Å². The van der Waals surface area contributed by atoms with Gasteiger partial charge < -0.3 is 5.73 Å². The summed E-state index contributed by atoms with van der Waals surface area (Å²) in [5.41, 5.74) is 8.03. The highest BCUT2D eigenvalue weighted by Crippen LogP contribution is 2.14. The number of nitro groups is 1. The van der Waals surface area contributed by atoms with Gasteiger partial charge >= 0.3 is 0 Å². The second-order valence-electron chi connectivity index (χ2n) is 5.06. The first kappa shape index (κ1) is 15.1. The van der Waals surface area contributed by atoms with Gasteiger partial charge in [0.2, 0.25) is 0 Å². The Morgan fingerprint density at radius 2 is 1.86 bits per heavy atom. The third-order valence-corrected chi connectivity index (χ3v) is 3.34. The van der Waals surface area contributed by atoms with Gasteiger partial charge in [0.15, 0.2) is 0 Å². The molecule has 1 unspecified atom stereocenters. The fourth-order valence-corrected chi connectivity index (χ4v) is 2.21. The summed E-state index contributed by atoms with van der Waals surface area (Å²) >= 11 is 0. The molecule has 5 heteroatoms. The summed E-state index contributed by atoms with van der Waals surface area (Å²) in [5.74, 6) is -0.255. The number of aryl methyl sites for hydroxylation is 1. The van der Waals surface area contributed by atoms with Crippen LogP contribution in [0.3, 0.4) is 0 Å². The van der Waals surface area contributed by atoms with E-state index in [0.717, 1.165) is 24.0 Å². The van der Waals surface area contributed by atoms with Crippen molar-refractivity contribution in [1.82, 2.24) is 0 Å². The highest BCUT2D eigenvalue weighted by atomic mass is 19.1. The van der Waals surface area contributed by atoms with Crippen LogP contribution in [0.2, 0.25) is 0 Å². The van der Waals surface area contributed by atoms with Gasteiger partial charge in [-0.05, 0) is 42.5 Å². The van der Waals surface area contributed by atoms with Gasteiger partial charge in [-0.2, -0.15) is 0 Å². The maximum absolute atomic E-state index is 13.1. The molecule has 0 bridgehead atoms. The minimum Gasteiger partial charge on any atom is -0.327 e. The molecule has 0 aliphatic carbocycles. The number of nitrogens with zero attached hydrogens (tertiary/aromatic N) is 1. The van der Waals surface area contributed by atoms with Crippen LogP contribution < -0.4 is 5.73 Å². The quantitative estimate of drug-likeness (QED) is 0.655. The van der Waals surface area contributed by atoms with E-state index in [4.69, 9.17) is 5.73 Å². The van der Waals surface area contributed by atoms with Gasteiger partial charge in [-0.3, -0.25) is 10.1 Å². The van der Waals surface area contributed by atoms with Crippen LogP contribution in [0.25, 0.3) is 0 Å². The zero-order valence-corrected chi connectivity index (χ0v) is 11.5. The largest absolute Gasteiger partial charge is 0.327 e. The Morgan fingerprint density at radius 3 is 2.48 bits per heavy atom. The third kappa shape index (κ3) is 4.65. The number of rotatable bonds is 6. The molecule has 0 radical (unpaired) electrons. The van der Waals surface area contributed by atoms with E-state index in [2.05, 4.69) is 0 Å². The second kappa shape index (κ2) is 6.95.